The first-order chi connectivity index (χ1) is 12.3. The summed E-state index contributed by atoms with van der Waals surface area (Å²) < 4.78 is 27.5. The molecule has 1 fully saturated rings. The van der Waals surface area contributed by atoms with Crippen LogP contribution in [0.5, 0.6) is 0 Å². The zero-order valence-electron chi connectivity index (χ0n) is 13.6. The summed E-state index contributed by atoms with van der Waals surface area (Å²) in [7, 11) is 1.52. The predicted molar refractivity (Wildman–Crippen MR) is 98.0 cm³/mol. The fourth-order valence-corrected chi connectivity index (χ4v) is 3.55. The van der Waals surface area contributed by atoms with E-state index in [1.165, 1.54) is 41.8 Å². The highest BCUT2D eigenvalue weighted by Gasteiger charge is 2.33. The molecule has 0 saturated carbocycles. The van der Waals surface area contributed by atoms with Gasteiger partial charge in [0.05, 0.1) is 23.4 Å². The van der Waals surface area contributed by atoms with Crippen molar-refractivity contribution in [3.8, 4) is 0 Å². The quantitative estimate of drug-likeness (QED) is 0.692. The SMILES string of the molecule is CN1C(=N)NC(c2cc(NC(=O)c3ccc(Cl)cn3)ccc2F)C[S+]1[O-]. The number of anilines is 1. The van der Waals surface area contributed by atoms with Gasteiger partial charge < -0.3 is 15.2 Å². The van der Waals surface area contributed by atoms with Gasteiger partial charge >= 0.3 is 0 Å². The van der Waals surface area contributed by atoms with E-state index in [4.69, 9.17) is 17.0 Å². The third kappa shape index (κ3) is 3.90. The van der Waals surface area contributed by atoms with Crippen LogP contribution in [0.4, 0.5) is 10.1 Å². The van der Waals surface area contributed by atoms with Gasteiger partial charge in [-0.15, -0.1) is 0 Å². The van der Waals surface area contributed by atoms with E-state index >= 15 is 0 Å². The average molecular weight is 396 g/mol. The molecular formula is C16H15ClFN5O2S. The second-order valence-electron chi connectivity index (χ2n) is 5.58. The first-order valence-corrected chi connectivity index (χ1v) is 9.20. The van der Waals surface area contributed by atoms with Crippen molar-refractivity contribution in [3.63, 3.8) is 0 Å². The van der Waals surface area contributed by atoms with E-state index in [2.05, 4.69) is 15.6 Å². The molecule has 2 heterocycles. The number of guanidine groups is 1. The minimum Gasteiger partial charge on any atom is -0.593 e. The van der Waals surface area contributed by atoms with Crippen molar-refractivity contribution in [1.82, 2.24) is 14.6 Å². The fourth-order valence-electron chi connectivity index (χ4n) is 2.42. The van der Waals surface area contributed by atoms with Crippen LogP contribution < -0.4 is 10.6 Å². The summed E-state index contributed by atoms with van der Waals surface area (Å²) in [6.45, 7) is 0. The van der Waals surface area contributed by atoms with Crippen LogP contribution in [0, 0.1) is 11.2 Å². The molecular weight excluding hydrogens is 381 g/mol. The summed E-state index contributed by atoms with van der Waals surface area (Å²) in [6.07, 6.45) is 1.36. The van der Waals surface area contributed by atoms with Crippen molar-refractivity contribution in [2.45, 2.75) is 6.04 Å². The molecule has 2 aromatic rings. The minimum absolute atomic E-state index is 0.0567. The number of pyridine rings is 1. The van der Waals surface area contributed by atoms with E-state index < -0.39 is 29.1 Å². The van der Waals surface area contributed by atoms with Gasteiger partial charge in [-0.1, -0.05) is 11.6 Å². The van der Waals surface area contributed by atoms with Crippen LogP contribution in [0.25, 0.3) is 0 Å². The van der Waals surface area contributed by atoms with E-state index in [1.807, 2.05) is 0 Å². The molecule has 0 radical (unpaired) electrons. The number of benzene rings is 1. The Morgan fingerprint density at radius 3 is 2.92 bits per heavy atom. The number of carbonyl (C=O) groups excluding carboxylic acids is 1. The molecule has 3 rings (SSSR count). The number of amides is 1. The lowest BCUT2D eigenvalue weighted by Gasteiger charge is -2.33. The van der Waals surface area contributed by atoms with Crippen LogP contribution in [-0.2, 0) is 11.4 Å². The molecule has 0 bridgehead atoms. The number of hydrogen-bond acceptors (Lipinski definition) is 4. The molecule has 1 aliphatic heterocycles. The van der Waals surface area contributed by atoms with Gasteiger partial charge in [0, 0.05) is 17.4 Å². The molecule has 2 atom stereocenters. The van der Waals surface area contributed by atoms with Crippen LogP contribution in [0.2, 0.25) is 5.02 Å². The first kappa shape index (κ1) is 18.4. The topological polar surface area (TPSA) is 104 Å². The van der Waals surface area contributed by atoms with Gasteiger partial charge in [-0.2, -0.15) is 4.31 Å². The standard InChI is InChI=1S/C16H15ClFN5O2S/c1-23-16(19)22-14(8-26(23)25)11-6-10(3-4-12(11)18)21-15(24)13-5-2-9(17)7-20-13/h2-7,14H,8H2,1H3,(H2,19,22)(H,21,24). The maximum atomic E-state index is 14.2. The Bertz CT molecular complexity index is 851. The highest BCUT2D eigenvalue weighted by molar-refractivity contribution is 7.89. The van der Waals surface area contributed by atoms with Crippen molar-refractivity contribution < 1.29 is 13.7 Å². The molecule has 1 aliphatic rings. The van der Waals surface area contributed by atoms with Gasteiger partial charge in [0.2, 0.25) is 5.96 Å². The van der Waals surface area contributed by atoms with Crippen molar-refractivity contribution in [2.24, 2.45) is 0 Å². The Morgan fingerprint density at radius 2 is 2.27 bits per heavy atom. The zero-order chi connectivity index (χ0) is 18.8. The molecule has 136 valence electrons. The molecule has 0 aliphatic carbocycles. The van der Waals surface area contributed by atoms with E-state index in [1.54, 1.807) is 6.07 Å². The molecule has 1 aromatic heterocycles. The third-order valence-corrected chi connectivity index (χ3v) is 5.47. The number of halogens is 2. The molecule has 26 heavy (non-hydrogen) atoms. The lowest BCUT2D eigenvalue weighted by molar-refractivity contribution is 0.102. The van der Waals surface area contributed by atoms with Crippen LogP contribution >= 0.6 is 11.6 Å². The molecule has 0 spiro atoms. The van der Waals surface area contributed by atoms with E-state index in [9.17, 15) is 13.7 Å². The normalized spacial score (nSPS) is 19.8. The molecule has 3 N–H and O–H groups in total. The summed E-state index contributed by atoms with van der Waals surface area (Å²) in [6, 6.07) is 6.48. The van der Waals surface area contributed by atoms with Crippen LogP contribution in [0.3, 0.4) is 0 Å². The minimum atomic E-state index is -1.43. The van der Waals surface area contributed by atoms with Gasteiger partial charge in [-0.3, -0.25) is 10.2 Å². The second kappa shape index (κ2) is 7.48. The number of nitrogens with zero attached hydrogens (tertiary/aromatic N) is 2. The Balaban J connectivity index is 1.80. The van der Waals surface area contributed by atoms with Crippen LogP contribution in [0.15, 0.2) is 36.5 Å². The lowest BCUT2D eigenvalue weighted by Crippen LogP contribution is -2.52. The first-order valence-electron chi connectivity index (χ1n) is 7.55. The van der Waals surface area contributed by atoms with Gasteiger partial charge in [0.25, 0.3) is 5.91 Å². The number of nitrogens with one attached hydrogen (secondary N) is 3. The highest BCUT2D eigenvalue weighted by Crippen LogP contribution is 2.26. The summed E-state index contributed by atoms with van der Waals surface area (Å²) in [5.74, 6) is -0.920. The molecule has 7 nitrogen and oxygen atoms in total. The third-order valence-electron chi connectivity index (χ3n) is 3.83. The van der Waals surface area contributed by atoms with Gasteiger partial charge in [-0.25, -0.2) is 9.37 Å². The van der Waals surface area contributed by atoms with E-state index in [0.29, 0.717) is 10.7 Å². The zero-order valence-corrected chi connectivity index (χ0v) is 15.2. The maximum absolute atomic E-state index is 14.2. The van der Waals surface area contributed by atoms with Gasteiger partial charge in [0.1, 0.15) is 17.6 Å². The second-order valence-corrected chi connectivity index (χ2v) is 7.54. The largest absolute Gasteiger partial charge is 0.593 e. The van der Waals surface area contributed by atoms with Crippen molar-refractivity contribution in [1.29, 1.82) is 5.41 Å². The van der Waals surface area contributed by atoms with Gasteiger partial charge in [-0.05, 0) is 30.3 Å². The monoisotopic (exact) mass is 395 g/mol. The summed E-state index contributed by atoms with van der Waals surface area (Å²) in [5, 5.41) is 13.6. The fraction of sp³-hybridized carbons (Fsp3) is 0.188. The Hall–Kier alpha value is -2.36. The average Bonchev–Trinajstić information content (AvgIpc) is 2.61. The number of hydrogen-bond donors (Lipinski definition) is 3. The van der Waals surface area contributed by atoms with Crippen molar-refractivity contribution in [3.05, 3.63) is 58.6 Å². The molecule has 2 unspecified atom stereocenters. The highest BCUT2D eigenvalue weighted by atomic mass is 35.5. The maximum Gasteiger partial charge on any atom is 0.274 e. The predicted octanol–water partition coefficient (Wildman–Crippen LogP) is 2.30. The van der Waals surface area contributed by atoms with E-state index in [0.717, 1.165) is 0 Å². The molecule has 1 aromatic carbocycles. The lowest BCUT2D eigenvalue weighted by atomic mass is 10.1. The van der Waals surface area contributed by atoms with Crippen molar-refractivity contribution >= 4 is 40.5 Å². The molecule has 10 heteroatoms. The number of aromatic nitrogens is 1. The Kier molecular flexibility index (Phi) is 5.30. The molecule has 1 saturated heterocycles. The molecule has 1 amide bonds. The van der Waals surface area contributed by atoms with Crippen LogP contribution in [-0.4, -0.2) is 38.5 Å². The summed E-state index contributed by atoms with van der Waals surface area (Å²) in [4.78, 5) is 16.2. The van der Waals surface area contributed by atoms with Crippen molar-refractivity contribution in [2.75, 3.05) is 18.1 Å². The Labute approximate surface area is 157 Å². The van der Waals surface area contributed by atoms with Crippen LogP contribution in [0.1, 0.15) is 22.1 Å². The summed E-state index contributed by atoms with van der Waals surface area (Å²) >= 11 is 4.31. The number of carbonyl (C=O) groups is 1. The van der Waals surface area contributed by atoms with Gasteiger partial charge in [0.15, 0.2) is 5.75 Å². The summed E-state index contributed by atoms with van der Waals surface area (Å²) in [5.41, 5.74) is 0.750. The smallest absolute Gasteiger partial charge is 0.274 e. The Morgan fingerprint density at radius 1 is 1.50 bits per heavy atom. The van der Waals surface area contributed by atoms with E-state index in [-0.39, 0.29) is 23.0 Å². The number of rotatable bonds is 3.